The zero-order chi connectivity index (χ0) is 8.43. The fourth-order valence-electron chi connectivity index (χ4n) is 1.47. The second-order valence-corrected chi connectivity index (χ2v) is 3.98. The molecule has 0 aromatic carbocycles. The van der Waals surface area contributed by atoms with Crippen molar-refractivity contribution >= 4 is 5.78 Å². The maximum absolute atomic E-state index is 11.4. The number of rotatable bonds is 3. The van der Waals surface area contributed by atoms with E-state index in [0.717, 1.165) is 19.5 Å². The molecule has 1 aliphatic heterocycles. The Balaban J connectivity index is 2.21. The first-order chi connectivity index (χ1) is 5.09. The minimum atomic E-state index is 0.349. The van der Waals surface area contributed by atoms with Crippen molar-refractivity contribution in [2.24, 2.45) is 11.8 Å². The van der Waals surface area contributed by atoms with Crippen molar-refractivity contribution in [3.05, 3.63) is 0 Å². The predicted molar refractivity (Wildman–Crippen MR) is 45.4 cm³/mol. The number of hydrogen-bond acceptors (Lipinski definition) is 2. The molecule has 1 saturated heterocycles. The van der Waals surface area contributed by atoms with Crippen molar-refractivity contribution in [2.75, 3.05) is 20.1 Å². The molecule has 0 atom stereocenters. The Kier molecular flexibility index (Phi) is 2.66. The van der Waals surface area contributed by atoms with Crippen molar-refractivity contribution in [1.82, 2.24) is 4.90 Å². The van der Waals surface area contributed by atoms with E-state index in [1.165, 1.54) is 0 Å². The number of likely N-dealkylation sites (tertiary alicyclic amines) is 1. The zero-order valence-corrected chi connectivity index (χ0v) is 7.63. The molecule has 0 N–H and O–H groups in total. The summed E-state index contributed by atoms with van der Waals surface area (Å²) in [6, 6.07) is 0. The van der Waals surface area contributed by atoms with Crippen molar-refractivity contribution in [1.29, 1.82) is 0 Å². The lowest BCUT2D eigenvalue weighted by atomic mass is 9.91. The summed E-state index contributed by atoms with van der Waals surface area (Å²) in [5, 5.41) is 0. The topological polar surface area (TPSA) is 20.3 Å². The first-order valence-corrected chi connectivity index (χ1v) is 4.31. The molecule has 0 aromatic heterocycles. The summed E-state index contributed by atoms with van der Waals surface area (Å²) in [5.74, 6) is 1.33. The monoisotopic (exact) mass is 155 g/mol. The van der Waals surface area contributed by atoms with E-state index in [0.29, 0.717) is 17.6 Å². The first-order valence-electron chi connectivity index (χ1n) is 4.31. The quantitative estimate of drug-likeness (QED) is 0.609. The van der Waals surface area contributed by atoms with Gasteiger partial charge in [-0.05, 0) is 13.0 Å². The van der Waals surface area contributed by atoms with Gasteiger partial charge in [-0.2, -0.15) is 0 Å². The van der Waals surface area contributed by atoms with Crippen LogP contribution < -0.4 is 0 Å². The van der Waals surface area contributed by atoms with E-state index in [9.17, 15) is 4.79 Å². The normalized spacial score (nSPS) is 20.4. The summed E-state index contributed by atoms with van der Waals surface area (Å²) >= 11 is 0. The molecule has 0 saturated carbocycles. The maximum atomic E-state index is 11.4. The second kappa shape index (κ2) is 3.35. The van der Waals surface area contributed by atoms with Gasteiger partial charge < -0.3 is 4.90 Å². The number of Topliss-reactive ketones (excluding diaryl/α,β-unsaturated/α-hetero) is 1. The molecule has 1 fully saturated rings. The Labute approximate surface area is 68.6 Å². The van der Waals surface area contributed by atoms with Crippen LogP contribution in [0.3, 0.4) is 0 Å². The van der Waals surface area contributed by atoms with Crippen LogP contribution in [-0.2, 0) is 4.79 Å². The van der Waals surface area contributed by atoms with Crippen LogP contribution in [0.1, 0.15) is 20.3 Å². The number of carbonyl (C=O) groups excluding carboxylic acids is 1. The van der Waals surface area contributed by atoms with Gasteiger partial charge in [-0.25, -0.2) is 0 Å². The lowest BCUT2D eigenvalue weighted by Crippen LogP contribution is -2.47. The van der Waals surface area contributed by atoms with E-state index in [1.54, 1.807) is 0 Å². The van der Waals surface area contributed by atoms with Crippen LogP contribution in [0.4, 0.5) is 0 Å². The molecule has 1 rings (SSSR count). The molecule has 0 spiro atoms. The third-order valence-electron chi connectivity index (χ3n) is 2.13. The third kappa shape index (κ3) is 2.29. The summed E-state index contributed by atoms with van der Waals surface area (Å²) in [4.78, 5) is 13.5. The van der Waals surface area contributed by atoms with Gasteiger partial charge in [0.2, 0.25) is 0 Å². The minimum Gasteiger partial charge on any atom is -0.305 e. The lowest BCUT2D eigenvalue weighted by Gasteiger charge is -2.35. The Hall–Kier alpha value is -0.370. The van der Waals surface area contributed by atoms with Gasteiger partial charge in [0.05, 0.1) is 0 Å². The van der Waals surface area contributed by atoms with Gasteiger partial charge in [0.15, 0.2) is 0 Å². The molecular weight excluding hydrogens is 138 g/mol. The number of ketones is 1. The van der Waals surface area contributed by atoms with Gasteiger partial charge in [0.25, 0.3) is 0 Å². The number of nitrogens with zero attached hydrogens (tertiary/aromatic N) is 1. The lowest BCUT2D eigenvalue weighted by molar-refractivity contribution is -0.128. The molecule has 2 nitrogen and oxygen atoms in total. The molecule has 0 radical (unpaired) electrons. The average Bonchev–Trinajstić information content (AvgIpc) is 1.79. The van der Waals surface area contributed by atoms with E-state index in [2.05, 4.69) is 25.8 Å². The van der Waals surface area contributed by atoms with Crippen LogP contribution in [-0.4, -0.2) is 30.8 Å². The standard InChI is InChI=1S/C9H17NO/c1-7(2)4-9(11)8-5-10(3)6-8/h7-8H,4-6H2,1-3H3. The third-order valence-corrected chi connectivity index (χ3v) is 2.13. The van der Waals surface area contributed by atoms with Crippen molar-refractivity contribution in [2.45, 2.75) is 20.3 Å². The highest BCUT2D eigenvalue weighted by molar-refractivity contribution is 5.82. The van der Waals surface area contributed by atoms with Crippen molar-refractivity contribution in [3.63, 3.8) is 0 Å². The summed E-state index contributed by atoms with van der Waals surface area (Å²) in [5.41, 5.74) is 0. The van der Waals surface area contributed by atoms with Crippen LogP contribution in [0.15, 0.2) is 0 Å². The van der Waals surface area contributed by atoms with Crippen molar-refractivity contribution < 1.29 is 4.79 Å². The Morgan fingerprint density at radius 3 is 2.45 bits per heavy atom. The van der Waals surface area contributed by atoms with E-state index in [4.69, 9.17) is 0 Å². The van der Waals surface area contributed by atoms with Crippen LogP contribution >= 0.6 is 0 Å². The molecule has 0 bridgehead atoms. The SMILES string of the molecule is CC(C)CC(=O)C1CN(C)C1. The van der Waals surface area contributed by atoms with Crippen LogP contribution in [0.5, 0.6) is 0 Å². The highest BCUT2D eigenvalue weighted by Gasteiger charge is 2.29. The second-order valence-electron chi connectivity index (χ2n) is 3.98. The summed E-state index contributed by atoms with van der Waals surface area (Å²) in [7, 11) is 2.05. The predicted octanol–water partition coefficient (Wildman–Crippen LogP) is 1.16. The fraction of sp³-hybridized carbons (Fsp3) is 0.889. The molecule has 0 aliphatic carbocycles. The van der Waals surface area contributed by atoms with Gasteiger partial charge in [0, 0.05) is 25.4 Å². The molecule has 0 unspecified atom stereocenters. The van der Waals surface area contributed by atoms with E-state index in [-0.39, 0.29) is 0 Å². The molecule has 0 aromatic rings. The minimum absolute atomic E-state index is 0.349. The van der Waals surface area contributed by atoms with E-state index >= 15 is 0 Å². The zero-order valence-electron chi connectivity index (χ0n) is 7.63. The molecule has 1 heterocycles. The van der Waals surface area contributed by atoms with Gasteiger partial charge in [-0.15, -0.1) is 0 Å². The summed E-state index contributed by atoms with van der Waals surface area (Å²) in [6.45, 7) is 6.15. The van der Waals surface area contributed by atoms with Crippen molar-refractivity contribution in [3.8, 4) is 0 Å². The van der Waals surface area contributed by atoms with E-state index < -0.39 is 0 Å². The largest absolute Gasteiger partial charge is 0.305 e. The molecule has 64 valence electrons. The molecule has 1 aliphatic rings. The van der Waals surface area contributed by atoms with Crippen LogP contribution in [0.25, 0.3) is 0 Å². The first kappa shape index (κ1) is 8.72. The smallest absolute Gasteiger partial charge is 0.138 e. The summed E-state index contributed by atoms with van der Waals surface area (Å²) in [6.07, 6.45) is 0.762. The Morgan fingerprint density at radius 1 is 1.55 bits per heavy atom. The van der Waals surface area contributed by atoms with Crippen LogP contribution in [0.2, 0.25) is 0 Å². The average molecular weight is 155 g/mol. The Morgan fingerprint density at radius 2 is 2.09 bits per heavy atom. The number of carbonyl (C=O) groups is 1. The number of hydrogen-bond donors (Lipinski definition) is 0. The fourth-order valence-corrected chi connectivity index (χ4v) is 1.47. The molecule has 0 amide bonds. The van der Waals surface area contributed by atoms with Gasteiger partial charge in [-0.1, -0.05) is 13.8 Å². The van der Waals surface area contributed by atoms with Gasteiger partial charge in [-0.3, -0.25) is 4.79 Å². The molecule has 11 heavy (non-hydrogen) atoms. The van der Waals surface area contributed by atoms with Gasteiger partial charge >= 0.3 is 0 Å². The van der Waals surface area contributed by atoms with Crippen LogP contribution in [0, 0.1) is 11.8 Å². The van der Waals surface area contributed by atoms with E-state index in [1.807, 2.05) is 0 Å². The highest BCUT2D eigenvalue weighted by Crippen LogP contribution is 2.17. The summed E-state index contributed by atoms with van der Waals surface area (Å²) < 4.78 is 0. The Bertz CT molecular complexity index is 148. The van der Waals surface area contributed by atoms with Gasteiger partial charge in [0.1, 0.15) is 5.78 Å². The molecule has 2 heteroatoms. The molecular formula is C9H17NO. The maximum Gasteiger partial charge on any atom is 0.138 e. The highest BCUT2D eigenvalue weighted by atomic mass is 16.1.